The molecule has 0 radical (unpaired) electrons. The second kappa shape index (κ2) is 5.29. The fourth-order valence-corrected chi connectivity index (χ4v) is 1.82. The van der Waals surface area contributed by atoms with Gasteiger partial charge in [-0.25, -0.2) is 0 Å². The maximum atomic E-state index is 9.88. The van der Waals surface area contributed by atoms with Crippen LogP contribution in [0.3, 0.4) is 0 Å². The number of aliphatic hydroxyl groups excluding tert-OH is 2. The summed E-state index contributed by atoms with van der Waals surface area (Å²) in [5.74, 6) is 0. The molecule has 0 aromatic carbocycles. The highest BCUT2D eigenvalue weighted by Gasteiger charge is 2.21. The summed E-state index contributed by atoms with van der Waals surface area (Å²) in [5.41, 5.74) is 0.543. The molecule has 1 heterocycles. The van der Waals surface area contributed by atoms with Crippen LogP contribution < -0.4 is 0 Å². The molecule has 0 bridgehead atoms. The maximum Gasteiger partial charge on any atom is 0.108 e. The number of aliphatic hydroxyl groups is 2. The lowest BCUT2D eigenvalue weighted by molar-refractivity contribution is 0.0172. The lowest BCUT2D eigenvalue weighted by atomic mass is 10.1. The molecular formula is C11H19BrN2O2. The molecule has 0 amide bonds. The van der Waals surface area contributed by atoms with Gasteiger partial charge in [0, 0.05) is 17.1 Å². The van der Waals surface area contributed by atoms with E-state index in [1.165, 1.54) is 0 Å². The Labute approximate surface area is 104 Å². The van der Waals surface area contributed by atoms with E-state index in [0.29, 0.717) is 17.3 Å². The Morgan fingerprint density at radius 3 is 2.50 bits per heavy atom. The van der Waals surface area contributed by atoms with Crippen molar-refractivity contribution in [3.8, 4) is 0 Å². The second-order valence-electron chi connectivity index (χ2n) is 4.88. The molecule has 92 valence electrons. The number of aromatic nitrogens is 2. The van der Waals surface area contributed by atoms with E-state index < -0.39 is 12.2 Å². The predicted octanol–water partition coefficient (Wildman–Crippen LogP) is 1.82. The third kappa shape index (κ3) is 3.30. The van der Waals surface area contributed by atoms with Gasteiger partial charge in [-0.1, -0.05) is 15.9 Å². The third-order valence-corrected chi connectivity index (χ3v) is 2.86. The molecule has 0 fully saturated rings. The first-order valence-corrected chi connectivity index (χ1v) is 6.45. The maximum absolute atomic E-state index is 9.88. The largest absolute Gasteiger partial charge is 0.390 e. The van der Waals surface area contributed by atoms with E-state index in [-0.39, 0.29) is 5.54 Å². The Hall–Kier alpha value is -0.390. The van der Waals surface area contributed by atoms with Gasteiger partial charge in [0.2, 0.25) is 0 Å². The minimum absolute atomic E-state index is 0.113. The minimum atomic E-state index is -0.867. The summed E-state index contributed by atoms with van der Waals surface area (Å²) in [6.07, 6.45) is 2.28. The molecule has 1 aromatic rings. The van der Waals surface area contributed by atoms with Crippen LogP contribution in [0.15, 0.2) is 12.4 Å². The van der Waals surface area contributed by atoms with E-state index in [1.807, 2.05) is 20.8 Å². The summed E-state index contributed by atoms with van der Waals surface area (Å²) >= 11 is 3.24. The van der Waals surface area contributed by atoms with Crippen molar-refractivity contribution in [1.82, 2.24) is 9.78 Å². The summed E-state index contributed by atoms with van der Waals surface area (Å²) in [6.45, 7) is 6.10. The molecule has 5 heteroatoms. The standard InChI is InChI=1S/C11H19BrN2O2/c1-11(2,3)14-7-8(6-13-14)10(16)9(15)4-5-12/h6-7,9-10,15-16H,4-5H2,1-3H3. The van der Waals surface area contributed by atoms with Gasteiger partial charge in [0.1, 0.15) is 6.10 Å². The van der Waals surface area contributed by atoms with Crippen molar-refractivity contribution < 1.29 is 10.2 Å². The highest BCUT2D eigenvalue weighted by Crippen LogP contribution is 2.21. The molecule has 0 saturated carbocycles. The monoisotopic (exact) mass is 290 g/mol. The molecule has 1 rings (SSSR count). The topological polar surface area (TPSA) is 58.3 Å². The fourth-order valence-electron chi connectivity index (χ4n) is 1.35. The van der Waals surface area contributed by atoms with E-state index in [0.717, 1.165) is 0 Å². The normalized spacial score (nSPS) is 16.1. The van der Waals surface area contributed by atoms with Crippen LogP contribution in [0.4, 0.5) is 0 Å². The highest BCUT2D eigenvalue weighted by atomic mass is 79.9. The molecule has 0 aliphatic heterocycles. The van der Waals surface area contributed by atoms with Crippen LogP contribution in [0.1, 0.15) is 38.9 Å². The van der Waals surface area contributed by atoms with Gasteiger partial charge < -0.3 is 10.2 Å². The van der Waals surface area contributed by atoms with E-state index in [2.05, 4.69) is 21.0 Å². The number of hydrogen-bond acceptors (Lipinski definition) is 3. The molecule has 2 atom stereocenters. The molecule has 4 nitrogen and oxygen atoms in total. The van der Waals surface area contributed by atoms with Crippen LogP contribution in [-0.4, -0.2) is 31.4 Å². The Balaban J connectivity index is 2.78. The molecule has 16 heavy (non-hydrogen) atoms. The quantitative estimate of drug-likeness (QED) is 0.832. The molecule has 0 spiro atoms. The molecule has 1 aromatic heterocycles. The number of rotatable bonds is 4. The summed E-state index contributed by atoms with van der Waals surface area (Å²) in [4.78, 5) is 0. The van der Waals surface area contributed by atoms with Gasteiger partial charge in [0.25, 0.3) is 0 Å². The summed E-state index contributed by atoms with van der Waals surface area (Å²) < 4.78 is 1.78. The molecule has 0 saturated heterocycles. The summed E-state index contributed by atoms with van der Waals surface area (Å²) in [5, 5.41) is 24.4. The van der Waals surface area contributed by atoms with Gasteiger partial charge in [-0.15, -0.1) is 0 Å². The van der Waals surface area contributed by atoms with Crippen molar-refractivity contribution in [2.45, 2.75) is 44.9 Å². The number of nitrogens with zero attached hydrogens (tertiary/aromatic N) is 2. The van der Waals surface area contributed by atoms with Crippen LogP contribution in [0.5, 0.6) is 0 Å². The zero-order valence-electron chi connectivity index (χ0n) is 9.89. The van der Waals surface area contributed by atoms with Gasteiger partial charge in [-0.05, 0) is 27.2 Å². The van der Waals surface area contributed by atoms with E-state index >= 15 is 0 Å². The Bertz CT molecular complexity index is 333. The van der Waals surface area contributed by atoms with Crippen molar-refractivity contribution in [2.24, 2.45) is 0 Å². The molecule has 2 N–H and O–H groups in total. The number of hydrogen-bond donors (Lipinski definition) is 2. The van der Waals surface area contributed by atoms with Gasteiger partial charge in [0.15, 0.2) is 0 Å². The van der Waals surface area contributed by atoms with E-state index in [9.17, 15) is 10.2 Å². The smallest absolute Gasteiger partial charge is 0.108 e. The van der Waals surface area contributed by atoms with Crippen LogP contribution in [0.2, 0.25) is 0 Å². The third-order valence-electron chi connectivity index (χ3n) is 2.40. The van der Waals surface area contributed by atoms with Crippen LogP contribution >= 0.6 is 15.9 Å². The highest BCUT2D eigenvalue weighted by molar-refractivity contribution is 9.09. The molecule has 0 aliphatic rings. The Morgan fingerprint density at radius 1 is 1.44 bits per heavy atom. The van der Waals surface area contributed by atoms with Crippen molar-refractivity contribution >= 4 is 15.9 Å². The first-order valence-electron chi connectivity index (χ1n) is 5.33. The Kier molecular flexibility index (Phi) is 4.52. The van der Waals surface area contributed by atoms with Crippen LogP contribution in [0.25, 0.3) is 0 Å². The number of halogens is 1. The molecule has 2 unspecified atom stereocenters. The van der Waals surface area contributed by atoms with Crippen LogP contribution in [0, 0.1) is 0 Å². The summed E-state index contributed by atoms with van der Waals surface area (Å²) in [6, 6.07) is 0. The predicted molar refractivity (Wildman–Crippen MR) is 66.6 cm³/mol. The van der Waals surface area contributed by atoms with Gasteiger partial charge in [0.05, 0.1) is 17.8 Å². The number of alkyl halides is 1. The van der Waals surface area contributed by atoms with E-state index in [4.69, 9.17) is 0 Å². The fraction of sp³-hybridized carbons (Fsp3) is 0.727. The second-order valence-corrected chi connectivity index (χ2v) is 5.67. The van der Waals surface area contributed by atoms with Crippen LogP contribution in [-0.2, 0) is 5.54 Å². The Morgan fingerprint density at radius 2 is 2.06 bits per heavy atom. The average Bonchev–Trinajstić information content (AvgIpc) is 2.65. The van der Waals surface area contributed by atoms with Crippen molar-refractivity contribution in [3.63, 3.8) is 0 Å². The minimum Gasteiger partial charge on any atom is -0.390 e. The average molecular weight is 291 g/mol. The van der Waals surface area contributed by atoms with Crippen molar-refractivity contribution in [3.05, 3.63) is 18.0 Å². The zero-order valence-corrected chi connectivity index (χ0v) is 11.5. The zero-order chi connectivity index (χ0) is 12.3. The first kappa shape index (κ1) is 13.7. The van der Waals surface area contributed by atoms with Gasteiger partial charge >= 0.3 is 0 Å². The summed E-state index contributed by atoms with van der Waals surface area (Å²) in [7, 11) is 0. The van der Waals surface area contributed by atoms with E-state index in [1.54, 1.807) is 17.1 Å². The van der Waals surface area contributed by atoms with Crippen molar-refractivity contribution in [2.75, 3.05) is 5.33 Å². The first-order chi connectivity index (χ1) is 7.36. The van der Waals surface area contributed by atoms with Gasteiger partial charge in [-0.2, -0.15) is 5.10 Å². The van der Waals surface area contributed by atoms with Crippen molar-refractivity contribution in [1.29, 1.82) is 0 Å². The molecule has 0 aliphatic carbocycles. The SMILES string of the molecule is CC(C)(C)n1cc(C(O)C(O)CCBr)cn1. The lowest BCUT2D eigenvalue weighted by Crippen LogP contribution is -2.22. The van der Waals surface area contributed by atoms with Gasteiger partial charge in [-0.3, -0.25) is 4.68 Å². The lowest BCUT2D eigenvalue weighted by Gasteiger charge is -2.19. The molecular weight excluding hydrogens is 272 g/mol.